The van der Waals surface area contributed by atoms with Crippen LogP contribution in [0.2, 0.25) is 0 Å². The molecule has 1 aromatic carbocycles. The van der Waals surface area contributed by atoms with Gasteiger partial charge in [-0.15, -0.1) is 10.2 Å². The zero-order valence-corrected chi connectivity index (χ0v) is 22.3. The van der Waals surface area contributed by atoms with Gasteiger partial charge in [-0.05, 0) is 55.1 Å². The number of halogens is 3. The number of hydrogen-bond donors (Lipinski definition) is 2. The molecule has 1 aliphatic rings. The Labute approximate surface area is 218 Å². The Morgan fingerprint density at radius 2 is 2.00 bits per heavy atom. The fourth-order valence-corrected chi connectivity index (χ4v) is 4.53. The minimum Gasteiger partial charge on any atom is -0.461 e. The molecule has 10 nitrogen and oxygen atoms in total. The van der Waals surface area contributed by atoms with E-state index in [9.17, 15) is 26.4 Å². The van der Waals surface area contributed by atoms with Gasteiger partial charge >= 0.3 is 21.5 Å². The van der Waals surface area contributed by atoms with Gasteiger partial charge in [-0.1, -0.05) is 33.3 Å². The standard InChI is InChI=1S/C22H31F3N6O4S2/c1-4-6-7-10-31-11-8-9-16-13-17(18(14-19(16)31)30-37(33,34)22(23,24)25)29-28-15(3)36-20(27-26)21(32)35-12-5-2/h13-14,30H,3-12,26H2,1-2H3/b27-20-,29-28?. The third-order valence-corrected chi connectivity index (χ3v) is 7.09. The number of anilines is 2. The first-order chi connectivity index (χ1) is 17.4. The SMILES string of the molecule is C=C(N=Nc1cc2c(cc1NS(=O)(=O)C(F)(F)F)N(CCCCC)CCC2)S/C(=N\N)C(=O)OCCC. The highest BCUT2D eigenvalue weighted by atomic mass is 32.2. The van der Waals surface area contributed by atoms with Crippen molar-refractivity contribution >= 4 is 49.9 Å². The summed E-state index contributed by atoms with van der Waals surface area (Å²) in [7, 11) is -5.71. The number of fused-ring (bicyclic) bond motifs is 1. The highest BCUT2D eigenvalue weighted by Gasteiger charge is 2.46. The van der Waals surface area contributed by atoms with Gasteiger partial charge < -0.3 is 15.5 Å². The first-order valence-electron chi connectivity index (χ1n) is 11.7. The molecule has 0 unspecified atom stereocenters. The minimum atomic E-state index is -5.71. The number of carbonyl (C=O) groups is 1. The number of azo groups is 1. The first kappa shape index (κ1) is 30.4. The van der Waals surface area contributed by atoms with Crippen LogP contribution in [0.1, 0.15) is 51.5 Å². The second-order valence-corrected chi connectivity index (χ2v) is 10.8. The Kier molecular flexibility index (Phi) is 11.2. The lowest BCUT2D eigenvalue weighted by Crippen LogP contribution is -2.32. The van der Waals surface area contributed by atoms with Gasteiger partial charge in [0.1, 0.15) is 10.7 Å². The number of thioether (sulfide) groups is 1. The fourth-order valence-electron chi connectivity index (χ4n) is 3.47. The van der Waals surface area contributed by atoms with Crippen LogP contribution in [0, 0.1) is 0 Å². The largest absolute Gasteiger partial charge is 0.516 e. The molecule has 0 fully saturated rings. The summed E-state index contributed by atoms with van der Waals surface area (Å²) in [6.07, 6.45) is 4.93. The molecule has 15 heteroatoms. The molecule has 206 valence electrons. The number of unbranched alkanes of at least 4 members (excludes halogenated alkanes) is 2. The Hall–Kier alpha value is -2.81. The van der Waals surface area contributed by atoms with Crippen molar-refractivity contribution in [2.45, 2.75) is 57.9 Å². The number of nitrogens with one attached hydrogen (secondary N) is 1. The number of ether oxygens (including phenoxy) is 1. The molecular formula is C22H31F3N6O4S2. The molecular weight excluding hydrogens is 533 g/mol. The van der Waals surface area contributed by atoms with Crippen LogP contribution >= 0.6 is 11.8 Å². The number of hydrogen-bond acceptors (Lipinski definition) is 10. The molecule has 0 saturated carbocycles. The summed E-state index contributed by atoms with van der Waals surface area (Å²) in [6, 6.07) is 2.85. The summed E-state index contributed by atoms with van der Waals surface area (Å²) in [4.78, 5) is 14.0. The van der Waals surface area contributed by atoms with Crippen LogP contribution in [0.5, 0.6) is 0 Å². The minimum absolute atomic E-state index is 0.0683. The number of aryl methyl sites for hydroxylation is 1. The second kappa shape index (κ2) is 13.7. The van der Waals surface area contributed by atoms with Gasteiger partial charge in [0.15, 0.2) is 0 Å². The molecule has 1 aromatic rings. The molecule has 0 saturated heterocycles. The van der Waals surface area contributed by atoms with Crippen molar-refractivity contribution in [3.63, 3.8) is 0 Å². The first-order valence-corrected chi connectivity index (χ1v) is 14.0. The van der Waals surface area contributed by atoms with E-state index in [0.29, 0.717) is 43.4 Å². The normalized spacial score (nSPS) is 14.5. The average Bonchev–Trinajstić information content (AvgIpc) is 2.84. The Balaban J connectivity index is 2.39. The predicted molar refractivity (Wildman–Crippen MR) is 139 cm³/mol. The maximum absolute atomic E-state index is 13.1. The van der Waals surface area contributed by atoms with E-state index in [1.54, 1.807) is 11.6 Å². The van der Waals surface area contributed by atoms with Crippen LogP contribution in [0.3, 0.4) is 0 Å². The number of hydrazone groups is 1. The van der Waals surface area contributed by atoms with Gasteiger partial charge in [0.25, 0.3) is 0 Å². The van der Waals surface area contributed by atoms with E-state index in [1.807, 2.05) is 4.90 Å². The van der Waals surface area contributed by atoms with E-state index < -0.39 is 21.5 Å². The zero-order chi connectivity index (χ0) is 27.6. The van der Waals surface area contributed by atoms with Crippen LogP contribution in [0.4, 0.5) is 30.2 Å². The number of sulfonamides is 1. The van der Waals surface area contributed by atoms with Crippen molar-refractivity contribution in [3.05, 3.63) is 29.3 Å². The monoisotopic (exact) mass is 564 g/mol. The molecule has 0 aliphatic carbocycles. The molecule has 0 atom stereocenters. The van der Waals surface area contributed by atoms with Crippen LogP contribution in [0.25, 0.3) is 0 Å². The third kappa shape index (κ3) is 8.62. The Bertz CT molecular complexity index is 1140. The second-order valence-electron chi connectivity index (χ2n) is 8.11. The lowest BCUT2D eigenvalue weighted by Gasteiger charge is -2.32. The maximum atomic E-state index is 13.1. The highest BCUT2D eigenvalue weighted by Crippen LogP contribution is 2.39. The number of nitrogens with zero attached hydrogens (tertiary/aromatic N) is 4. The molecule has 0 aromatic heterocycles. The molecule has 1 aliphatic heterocycles. The molecule has 3 N–H and O–H groups in total. The number of carbonyl (C=O) groups excluding carboxylic acids is 1. The van der Waals surface area contributed by atoms with E-state index in [0.717, 1.165) is 31.2 Å². The summed E-state index contributed by atoms with van der Waals surface area (Å²) < 4.78 is 69.7. The fraction of sp³-hybridized carbons (Fsp3) is 0.545. The molecule has 0 bridgehead atoms. The number of benzene rings is 1. The predicted octanol–water partition coefficient (Wildman–Crippen LogP) is 5.40. The van der Waals surface area contributed by atoms with Gasteiger partial charge in [0.2, 0.25) is 5.04 Å². The van der Waals surface area contributed by atoms with Crippen LogP contribution < -0.4 is 15.5 Å². The third-order valence-electron chi connectivity index (χ3n) is 5.21. The summed E-state index contributed by atoms with van der Waals surface area (Å²) in [5.74, 6) is 4.44. The molecule has 0 radical (unpaired) electrons. The van der Waals surface area contributed by atoms with Crippen molar-refractivity contribution in [1.29, 1.82) is 0 Å². The van der Waals surface area contributed by atoms with Gasteiger partial charge in [-0.25, -0.2) is 4.79 Å². The topological polar surface area (TPSA) is 139 Å². The summed E-state index contributed by atoms with van der Waals surface area (Å²) in [5, 5.41) is 10.8. The van der Waals surface area contributed by atoms with E-state index >= 15 is 0 Å². The van der Waals surface area contributed by atoms with Crippen LogP contribution in [-0.2, 0) is 26.0 Å². The summed E-state index contributed by atoms with van der Waals surface area (Å²) in [5.41, 5.74) is -4.59. The number of esters is 1. The molecule has 1 heterocycles. The number of rotatable bonds is 11. The maximum Gasteiger partial charge on any atom is 0.516 e. The smallest absolute Gasteiger partial charge is 0.461 e. The van der Waals surface area contributed by atoms with E-state index in [1.165, 1.54) is 12.1 Å². The van der Waals surface area contributed by atoms with Gasteiger partial charge in [0.05, 0.1) is 12.3 Å². The number of alkyl halides is 3. The van der Waals surface area contributed by atoms with Crippen molar-refractivity contribution in [1.82, 2.24) is 0 Å². The van der Waals surface area contributed by atoms with Crippen molar-refractivity contribution in [2.24, 2.45) is 21.2 Å². The van der Waals surface area contributed by atoms with Crippen LogP contribution in [-0.4, -0.2) is 44.6 Å². The summed E-state index contributed by atoms with van der Waals surface area (Å²) >= 11 is 0.655. The average molecular weight is 565 g/mol. The number of nitrogens with two attached hydrogens (primary N) is 1. The van der Waals surface area contributed by atoms with Crippen molar-refractivity contribution < 1.29 is 31.1 Å². The lowest BCUT2D eigenvalue weighted by atomic mass is 9.99. The molecule has 0 spiro atoms. The van der Waals surface area contributed by atoms with Crippen LogP contribution in [0.15, 0.2) is 39.1 Å². The zero-order valence-electron chi connectivity index (χ0n) is 20.7. The lowest BCUT2D eigenvalue weighted by molar-refractivity contribution is -0.135. The molecule has 37 heavy (non-hydrogen) atoms. The van der Waals surface area contributed by atoms with E-state index in [-0.39, 0.29) is 28.1 Å². The highest BCUT2D eigenvalue weighted by molar-refractivity contribution is 8.18. The van der Waals surface area contributed by atoms with Gasteiger partial charge in [0, 0.05) is 18.8 Å². The summed E-state index contributed by atoms with van der Waals surface area (Å²) in [6.45, 7) is 9.05. The Morgan fingerprint density at radius 3 is 2.62 bits per heavy atom. The molecule has 2 rings (SSSR count). The van der Waals surface area contributed by atoms with Crippen molar-refractivity contribution in [2.75, 3.05) is 29.3 Å². The van der Waals surface area contributed by atoms with E-state index in [2.05, 4.69) is 28.8 Å². The molecule has 0 amide bonds. The quantitative estimate of drug-likeness (QED) is 0.0697. The van der Waals surface area contributed by atoms with Gasteiger partial charge in [-0.2, -0.15) is 26.7 Å². The van der Waals surface area contributed by atoms with Gasteiger partial charge in [-0.3, -0.25) is 4.72 Å². The Morgan fingerprint density at radius 1 is 1.27 bits per heavy atom. The van der Waals surface area contributed by atoms with E-state index in [4.69, 9.17) is 10.6 Å². The van der Waals surface area contributed by atoms with Crippen molar-refractivity contribution in [3.8, 4) is 0 Å².